The minimum Gasteiger partial charge on any atom is -0.339 e. The summed E-state index contributed by atoms with van der Waals surface area (Å²) in [4.78, 5) is 4.66. The third-order valence-electron chi connectivity index (χ3n) is 4.65. The molecule has 4 heteroatoms. The molecule has 0 aromatic carbocycles. The lowest BCUT2D eigenvalue weighted by Gasteiger charge is -2.29. The Morgan fingerprint density at radius 3 is 2.50 bits per heavy atom. The molecular weight excluding hydrogens is 226 g/mol. The SMILES string of the molecule is CCCC1(c2nc(C3(N)CCCCC3)no2)CC1. The summed E-state index contributed by atoms with van der Waals surface area (Å²) < 4.78 is 5.52. The number of hydrogen-bond acceptors (Lipinski definition) is 4. The lowest BCUT2D eigenvalue weighted by molar-refractivity contribution is 0.270. The van der Waals surface area contributed by atoms with Gasteiger partial charge < -0.3 is 10.3 Å². The zero-order chi connectivity index (χ0) is 12.6. The first kappa shape index (κ1) is 12.2. The third kappa shape index (κ3) is 1.96. The van der Waals surface area contributed by atoms with Gasteiger partial charge in [0.05, 0.1) is 5.54 Å². The van der Waals surface area contributed by atoms with Crippen LogP contribution in [0.2, 0.25) is 0 Å². The fourth-order valence-corrected chi connectivity index (χ4v) is 3.25. The molecule has 1 heterocycles. The van der Waals surface area contributed by atoms with Crippen molar-refractivity contribution in [3.8, 4) is 0 Å². The number of nitrogens with zero attached hydrogens (tertiary/aromatic N) is 2. The van der Waals surface area contributed by atoms with Crippen molar-refractivity contribution in [3.63, 3.8) is 0 Å². The van der Waals surface area contributed by atoms with Gasteiger partial charge >= 0.3 is 0 Å². The van der Waals surface area contributed by atoms with Crippen LogP contribution in [0.5, 0.6) is 0 Å². The highest BCUT2D eigenvalue weighted by Gasteiger charge is 2.49. The summed E-state index contributed by atoms with van der Waals surface area (Å²) in [6.45, 7) is 2.21. The maximum Gasteiger partial charge on any atom is 0.232 e. The Labute approximate surface area is 108 Å². The Hall–Kier alpha value is -0.900. The first-order valence-electron chi connectivity index (χ1n) is 7.32. The van der Waals surface area contributed by atoms with Gasteiger partial charge in [0.15, 0.2) is 5.82 Å². The van der Waals surface area contributed by atoms with E-state index in [0.29, 0.717) is 0 Å². The van der Waals surface area contributed by atoms with Crippen molar-refractivity contribution < 1.29 is 4.52 Å². The maximum absolute atomic E-state index is 6.45. The van der Waals surface area contributed by atoms with E-state index in [0.717, 1.165) is 31.0 Å². The predicted molar refractivity (Wildman–Crippen MR) is 69.1 cm³/mol. The normalized spacial score (nSPS) is 25.0. The fourth-order valence-electron chi connectivity index (χ4n) is 3.25. The van der Waals surface area contributed by atoms with Gasteiger partial charge in [0.1, 0.15) is 0 Å². The van der Waals surface area contributed by atoms with Gasteiger partial charge in [-0.25, -0.2) is 0 Å². The van der Waals surface area contributed by atoms with Crippen molar-refractivity contribution in [2.75, 3.05) is 0 Å². The highest BCUT2D eigenvalue weighted by Crippen LogP contribution is 2.51. The van der Waals surface area contributed by atoms with E-state index in [1.54, 1.807) is 0 Å². The molecule has 0 amide bonds. The molecule has 0 unspecified atom stereocenters. The van der Waals surface area contributed by atoms with Crippen molar-refractivity contribution in [1.29, 1.82) is 0 Å². The minimum absolute atomic E-state index is 0.199. The first-order valence-corrected chi connectivity index (χ1v) is 7.32. The van der Waals surface area contributed by atoms with Crippen LogP contribution in [0.15, 0.2) is 4.52 Å². The molecule has 4 nitrogen and oxygen atoms in total. The van der Waals surface area contributed by atoms with E-state index in [2.05, 4.69) is 17.1 Å². The topological polar surface area (TPSA) is 64.9 Å². The van der Waals surface area contributed by atoms with Crippen LogP contribution in [-0.4, -0.2) is 10.1 Å². The van der Waals surface area contributed by atoms with Crippen molar-refractivity contribution in [2.45, 2.75) is 75.7 Å². The third-order valence-corrected chi connectivity index (χ3v) is 4.65. The lowest BCUT2D eigenvalue weighted by Crippen LogP contribution is -2.39. The molecule has 2 saturated carbocycles. The van der Waals surface area contributed by atoms with Gasteiger partial charge in [0.2, 0.25) is 5.89 Å². The quantitative estimate of drug-likeness (QED) is 0.890. The second kappa shape index (κ2) is 4.34. The maximum atomic E-state index is 6.45. The number of rotatable bonds is 4. The van der Waals surface area contributed by atoms with Crippen molar-refractivity contribution >= 4 is 0 Å². The van der Waals surface area contributed by atoms with Crippen molar-refractivity contribution in [3.05, 3.63) is 11.7 Å². The molecule has 2 aliphatic carbocycles. The Morgan fingerprint density at radius 2 is 1.89 bits per heavy atom. The fraction of sp³-hybridized carbons (Fsp3) is 0.857. The van der Waals surface area contributed by atoms with Gasteiger partial charge in [0, 0.05) is 5.41 Å². The summed E-state index contributed by atoms with van der Waals surface area (Å²) in [6.07, 6.45) is 10.3. The molecular formula is C14H23N3O. The highest BCUT2D eigenvalue weighted by molar-refractivity contribution is 5.17. The number of aromatic nitrogens is 2. The second-order valence-electron chi connectivity index (χ2n) is 6.17. The van der Waals surface area contributed by atoms with Crippen LogP contribution >= 0.6 is 0 Å². The van der Waals surface area contributed by atoms with Gasteiger partial charge in [-0.2, -0.15) is 4.98 Å². The van der Waals surface area contributed by atoms with Gasteiger partial charge in [-0.05, 0) is 32.1 Å². The summed E-state index contributed by atoms with van der Waals surface area (Å²) in [5.41, 5.74) is 6.31. The zero-order valence-electron chi connectivity index (χ0n) is 11.2. The molecule has 18 heavy (non-hydrogen) atoms. The highest BCUT2D eigenvalue weighted by atomic mass is 16.5. The largest absolute Gasteiger partial charge is 0.339 e. The Balaban J connectivity index is 1.81. The van der Waals surface area contributed by atoms with Crippen LogP contribution in [0.25, 0.3) is 0 Å². The molecule has 3 rings (SSSR count). The molecule has 2 fully saturated rings. The van der Waals surface area contributed by atoms with Crippen LogP contribution < -0.4 is 5.73 Å². The van der Waals surface area contributed by atoms with E-state index >= 15 is 0 Å². The minimum atomic E-state index is -0.331. The van der Waals surface area contributed by atoms with E-state index in [4.69, 9.17) is 10.3 Å². The van der Waals surface area contributed by atoms with Gasteiger partial charge in [0.25, 0.3) is 0 Å². The summed E-state index contributed by atoms with van der Waals surface area (Å²) >= 11 is 0. The van der Waals surface area contributed by atoms with E-state index in [-0.39, 0.29) is 11.0 Å². The molecule has 2 aliphatic rings. The van der Waals surface area contributed by atoms with Gasteiger partial charge in [-0.3, -0.25) is 0 Å². The van der Waals surface area contributed by atoms with Crippen LogP contribution in [0.1, 0.15) is 76.4 Å². The Kier molecular flexibility index (Phi) is 2.93. The first-order chi connectivity index (χ1) is 8.69. The van der Waals surface area contributed by atoms with E-state index in [9.17, 15) is 0 Å². The molecule has 0 bridgehead atoms. The second-order valence-corrected chi connectivity index (χ2v) is 6.17. The molecule has 1 aromatic rings. The standard InChI is InChI=1S/C14H23N3O/c1-2-6-13(9-10-13)12-16-11(17-18-12)14(15)7-4-3-5-8-14/h2-10,15H2,1H3. The van der Waals surface area contributed by atoms with Gasteiger partial charge in [-0.1, -0.05) is 37.8 Å². The molecule has 0 aliphatic heterocycles. The summed E-state index contributed by atoms with van der Waals surface area (Å²) in [5, 5.41) is 4.19. The van der Waals surface area contributed by atoms with E-state index in [1.807, 2.05) is 0 Å². The molecule has 1 aromatic heterocycles. The van der Waals surface area contributed by atoms with Crippen molar-refractivity contribution in [1.82, 2.24) is 10.1 Å². The average molecular weight is 249 g/mol. The van der Waals surface area contributed by atoms with E-state index < -0.39 is 0 Å². The van der Waals surface area contributed by atoms with Crippen LogP contribution in [0.4, 0.5) is 0 Å². The smallest absolute Gasteiger partial charge is 0.232 e. The van der Waals surface area contributed by atoms with Crippen molar-refractivity contribution in [2.24, 2.45) is 5.73 Å². The van der Waals surface area contributed by atoms with Crippen LogP contribution in [0.3, 0.4) is 0 Å². The monoisotopic (exact) mass is 249 g/mol. The number of hydrogen-bond donors (Lipinski definition) is 1. The average Bonchev–Trinajstić information content (AvgIpc) is 2.97. The predicted octanol–water partition coefficient (Wildman–Crippen LogP) is 3.02. The molecule has 0 radical (unpaired) electrons. The Morgan fingerprint density at radius 1 is 1.17 bits per heavy atom. The summed E-state index contributed by atoms with van der Waals surface area (Å²) in [5.74, 6) is 1.59. The Bertz CT molecular complexity index is 416. The molecule has 0 spiro atoms. The lowest BCUT2D eigenvalue weighted by atomic mass is 9.82. The van der Waals surface area contributed by atoms with E-state index in [1.165, 1.54) is 38.5 Å². The van der Waals surface area contributed by atoms with Crippen LogP contribution in [0, 0.1) is 0 Å². The van der Waals surface area contributed by atoms with Gasteiger partial charge in [-0.15, -0.1) is 0 Å². The molecule has 100 valence electrons. The number of nitrogens with two attached hydrogens (primary N) is 1. The molecule has 0 atom stereocenters. The van der Waals surface area contributed by atoms with Crippen LogP contribution in [-0.2, 0) is 11.0 Å². The molecule has 2 N–H and O–H groups in total. The summed E-state index contributed by atoms with van der Waals surface area (Å²) in [7, 11) is 0. The summed E-state index contributed by atoms with van der Waals surface area (Å²) in [6, 6.07) is 0. The zero-order valence-corrected chi connectivity index (χ0v) is 11.2. The molecule has 0 saturated heterocycles.